The number of piperidine rings is 3. The van der Waals surface area contributed by atoms with E-state index in [1.165, 1.54) is 11.3 Å². The number of carbonyl (C=O) groups excluding carboxylic acids is 2. The predicted molar refractivity (Wildman–Crippen MR) is 109 cm³/mol. The molecule has 3 saturated heterocycles. The molecule has 1 aromatic carbocycles. The molecule has 0 aliphatic carbocycles. The van der Waals surface area contributed by atoms with Crippen LogP contribution in [0.2, 0.25) is 0 Å². The fourth-order valence-electron chi connectivity index (χ4n) is 5.33. The summed E-state index contributed by atoms with van der Waals surface area (Å²) in [7, 11) is 0. The van der Waals surface area contributed by atoms with Crippen molar-refractivity contribution in [2.24, 2.45) is 11.8 Å². The molecule has 28 heavy (non-hydrogen) atoms. The lowest BCUT2D eigenvalue weighted by molar-refractivity contribution is -0.148. The summed E-state index contributed by atoms with van der Waals surface area (Å²) in [5.41, 5.74) is 7.17. The third kappa shape index (κ3) is 2.95. The third-order valence-electron chi connectivity index (χ3n) is 6.55. The second kappa shape index (κ2) is 7.00. The summed E-state index contributed by atoms with van der Waals surface area (Å²) in [6, 6.07) is 5.89. The van der Waals surface area contributed by atoms with Crippen LogP contribution in [0.3, 0.4) is 0 Å². The number of carbonyl (C=O) groups is 2. The van der Waals surface area contributed by atoms with E-state index in [1.54, 1.807) is 0 Å². The molecule has 3 fully saturated rings. The molecule has 4 heterocycles. The van der Waals surface area contributed by atoms with Crippen molar-refractivity contribution in [2.45, 2.75) is 37.8 Å². The Kier molecular flexibility index (Phi) is 4.47. The second-order valence-electron chi connectivity index (χ2n) is 8.16. The van der Waals surface area contributed by atoms with Crippen molar-refractivity contribution in [3.63, 3.8) is 0 Å². The van der Waals surface area contributed by atoms with E-state index in [4.69, 9.17) is 5.73 Å². The van der Waals surface area contributed by atoms with Gasteiger partial charge in [-0.2, -0.15) is 0 Å². The van der Waals surface area contributed by atoms with E-state index in [0.29, 0.717) is 41.5 Å². The first-order valence-electron chi connectivity index (χ1n) is 10.1. The second-order valence-corrected chi connectivity index (χ2v) is 9.19. The standard InChI is InChI=1S/C20H25N5O2S/c21-20-24-14-4-1-3-13(18(14)28-20)19(27)23-10-16-12-7-11(8-22-9-12)15-5-2-6-17(26)25(15)16/h1,3-4,11-12,15-16,22H,2,5-10H2,(H2,21,24)(H,23,27)/t11-,12+,15+,16+/m1/s1. The number of rotatable bonds is 3. The number of fused-ring (bicyclic) bond motifs is 5. The van der Waals surface area contributed by atoms with Gasteiger partial charge in [-0.05, 0) is 49.8 Å². The zero-order valence-electron chi connectivity index (χ0n) is 15.7. The number of benzene rings is 1. The molecule has 4 N–H and O–H groups in total. The monoisotopic (exact) mass is 399 g/mol. The third-order valence-corrected chi connectivity index (χ3v) is 7.48. The number of nitrogens with zero attached hydrogens (tertiary/aromatic N) is 2. The van der Waals surface area contributed by atoms with Crippen molar-refractivity contribution in [1.82, 2.24) is 20.5 Å². The molecule has 2 bridgehead atoms. The Bertz CT molecular complexity index is 928. The van der Waals surface area contributed by atoms with E-state index in [-0.39, 0.29) is 17.9 Å². The number of nitrogens with one attached hydrogen (secondary N) is 2. The van der Waals surface area contributed by atoms with E-state index < -0.39 is 0 Å². The summed E-state index contributed by atoms with van der Waals surface area (Å²) >= 11 is 1.33. The maximum atomic E-state index is 12.9. The summed E-state index contributed by atoms with van der Waals surface area (Å²) in [5.74, 6) is 1.07. The SMILES string of the molecule is Nc1nc2cccc(C(=O)NC[C@H]3[C@@H]4CNC[C@@H](C4)[C@@H]4CCCC(=O)N43)c2s1. The van der Waals surface area contributed by atoms with Gasteiger partial charge in [0.05, 0.1) is 21.8 Å². The molecule has 1 aromatic heterocycles. The minimum atomic E-state index is -0.124. The van der Waals surface area contributed by atoms with Crippen LogP contribution in [0, 0.1) is 11.8 Å². The van der Waals surface area contributed by atoms with Crippen molar-refractivity contribution in [1.29, 1.82) is 0 Å². The van der Waals surface area contributed by atoms with Crippen molar-refractivity contribution < 1.29 is 9.59 Å². The normalized spacial score (nSPS) is 29.6. The summed E-state index contributed by atoms with van der Waals surface area (Å²) in [6.45, 7) is 2.40. The lowest BCUT2D eigenvalue weighted by atomic mass is 9.72. The zero-order chi connectivity index (χ0) is 19.3. The molecule has 2 aromatic rings. The maximum Gasteiger partial charge on any atom is 0.252 e. The fourth-order valence-corrected chi connectivity index (χ4v) is 6.18. The van der Waals surface area contributed by atoms with Gasteiger partial charge in [0.25, 0.3) is 5.91 Å². The molecule has 4 atom stereocenters. The van der Waals surface area contributed by atoms with E-state index >= 15 is 0 Å². The average molecular weight is 400 g/mol. The Morgan fingerprint density at radius 1 is 1.36 bits per heavy atom. The van der Waals surface area contributed by atoms with Gasteiger partial charge in [-0.25, -0.2) is 4.98 Å². The van der Waals surface area contributed by atoms with Crippen LogP contribution in [0.5, 0.6) is 0 Å². The summed E-state index contributed by atoms with van der Waals surface area (Å²) < 4.78 is 0.812. The van der Waals surface area contributed by atoms with Crippen LogP contribution in [0.1, 0.15) is 36.0 Å². The molecule has 2 amide bonds. The van der Waals surface area contributed by atoms with Crippen molar-refractivity contribution >= 4 is 38.5 Å². The minimum Gasteiger partial charge on any atom is -0.375 e. The number of amides is 2. The summed E-state index contributed by atoms with van der Waals surface area (Å²) in [4.78, 5) is 32.1. The number of hydrogen-bond donors (Lipinski definition) is 3. The van der Waals surface area contributed by atoms with Gasteiger partial charge in [0, 0.05) is 25.6 Å². The number of thiazole rings is 1. The first-order chi connectivity index (χ1) is 13.6. The molecule has 0 radical (unpaired) electrons. The van der Waals surface area contributed by atoms with E-state index in [0.717, 1.165) is 42.6 Å². The van der Waals surface area contributed by atoms with E-state index in [2.05, 4.69) is 20.5 Å². The first-order valence-corrected chi connectivity index (χ1v) is 10.9. The molecule has 7 nitrogen and oxygen atoms in total. The largest absolute Gasteiger partial charge is 0.375 e. The molecule has 0 unspecified atom stereocenters. The Hall–Kier alpha value is -2.19. The number of anilines is 1. The highest BCUT2D eigenvalue weighted by Crippen LogP contribution is 2.39. The quantitative estimate of drug-likeness (QED) is 0.728. The lowest BCUT2D eigenvalue weighted by Gasteiger charge is -2.54. The Morgan fingerprint density at radius 2 is 2.21 bits per heavy atom. The molecule has 148 valence electrons. The molecular weight excluding hydrogens is 374 g/mol. The van der Waals surface area contributed by atoms with Crippen LogP contribution in [-0.4, -0.2) is 53.4 Å². The topological polar surface area (TPSA) is 100 Å². The Balaban J connectivity index is 1.37. The molecule has 3 aliphatic rings. The number of aromatic nitrogens is 1. The summed E-state index contributed by atoms with van der Waals surface area (Å²) in [5, 5.41) is 7.11. The fraction of sp³-hybridized carbons (Fsp3) is 0.550. The minimum absolute atomic E-state index is 0.0662. The van der Waals surface area contributed by atoms with E-state index in [9.17, 15) is 9.59 Å². The lowest BCUT2D eigenvalue weighted by Crippen LogP contribution is -2.66. The highest BCUT2D eigenvalue weighted by atomic mass is 32.1. The van der Waals surface area contributed by atoms with Crippen LogP contribution >= 0.6 is 11.3 Å². The Morgan fingerprint density at radius 3 is 3.11 bits per heavy atom. The summed E-state index contributed by atoms with van der Waals surface area (Å²) in [6.07, 6.45) is 3.83. The van der Waals surface area contributed by atoms with Gasteiger partial charge in [0.1, 0.15) is 0 Å². The van der Waals surface area contributed by atoms with Crippen molar-refractivity contribution in [3.8, 4) is 0 Å². The molecule has 0 spiro atoms. The predicted octanol–water partition coefficient (Wildman–Crippen LogP) is 1.60. The highest BCUT2D eigenvalue weighted by Gasteiger charge is 2.47. The Labute approximate surface area is 167 Å². The molecule has 8 heteroatoms. The molecule has 5 rings (SSSR count). The van der Waals surface area contributed by atoms with Crippen LogP contribution in [0.25, 0.3) is 10.2 Å². The van der Waals surface area contributed by atoms with Gasteiger partial charge in [-0.3, -0.25) is 9.59 Å². The zero-order valence-corrected chi connectivity index (χ0v) is 16.5. The molecule has 0 saturated carbocycles. The number of nitrogen functional groups attached to an aromatic ring is 1. The molecular formula is C20H25N5O2S. The van der Waals surface area contributed by atoms with Crippen LogP contribution in [0.4, 0.5) is 5.13 Å². The average Bonchev–Trinajstić information content (AvgIpc) is 3.08. The van der Waals surface area contributed by atoms with Gasteiger partial charge >= 0.3 is 0 Å². The van der Waals surface area contributed by atoms with Gasteiger partial charge in [-0.1, -0.05) is 17.4 Å². The maximum absolute atomic E-state index is 12.9. The van der Waals surface area contributed by atoms with Crippen LogP contribution < -0.4 is 16.4 Å². The smallest absolute Gasteiger partial charge is 0.252 e. The van der Waals surface area contributed by atoms with Crippen LogP contribution in [0.15, 0.2) is 18.2 Å². The van der Waals surface area contributed by atoms with Crippen molar-refractivity contribution in [3.05, 3.63) is 23.8 Å². The first kappa shape index (κ1) is 17.9. The van der Waals surface area contributed by atoms with Gasteiger partial charge in [-0.15, -0.1) is 0 Å². The van der Waals surface area contributed by atoms with Gasteiger partial charge < -0.3 is 21.3 Å². The van der Waals surface area contributed by atoms with E-state index in [1.807, 2.05) is 18.2 Å². The highest BCUT2D eigenvalue weighted by molar-refractivity contribution is 7.22. The number of nitrogens with two attached hydrogens (primary N) is 1. The van der Waals surface area contributed by atoms with Gasteiger partial charge in [0.2, 0.25) is 5.91 Å². The number of hydrogen-bond acceptors (Lipinski definition) is 6. The molecule has 3 aliphatic heterocycles. The van der Waals surface area contributed by atoms with Crippen LogP contribution in [-0.2, 0) is 4.79 Å². The van der Waals surface area contributed by atoms with Gasteiger partial charge in [0.15, 0.2) is 5.13 Å². The van der Waals surface area contributed by atoms with Crippen molar-refractivity contribution in [2.75, 3.05) is 25.4 Å².